The van der Waals surface area contributed by atoms with Crippen molar-refractivity contribution in [1.29, 1.82) is 0 Å². The Labute approximate surface area is 256 Å². The van der Waals surface area contributed by atoms with Crippen molar-refractivity contribution >= 4 is 29.5 Å². The summed E-state index contributed by atoms with van der Waals surface area (Å²) in [6, 6.07) is -1.83. The normalized spacial score (nSPS) is 12.2. The second-order valence-corrected chi connectivity index (χ2v) is 11.3. The van der Waals surface area contributed by atoms with Gasteiger partial charge in [0.15, 0.2) is 0 Å². The van der Waals surface area contributed by atoms with Crippen LogP contribution < -0.4 is 27.0 Å². The molecule has 0 radical (unpaired) electrons. The van der Waals surface area contributed by atoms with Gasteiger partial charge < -0.3 is 32.0 Å². The standard InChI is InChI=1S/C31H55N7O5/c1-3-4-5-6-7-8-9-10-11-12-13-14-15-16-17-18-28(40)37-24(2)30(42)35-22-29(41)38-26(19-25-20-33-23-36-25)31(43)34-21-27(32)39/h20,23-24,26H,3-19,21-22H2,1-2H3,(H2,32,39)(H,33,36)(H,34,43)(H,35,42)(H,37,40)(H,38,41)/t24-,26-/m0/s1. The van der Waals surface area contributed by atoms with Crippen LogP contribution in [0, 0.1) is 0 Å². The summed E-state index contributed by atoms with van der Waals surface area (Å²) in [4.78, 5) is 67.2. The molecule has 0 aliphatic rings. The lowest BCUT2D eigenvalue weighted by molar-refractivity contribution is -0.131. The summed E-state index contributed by atoms with van der Waals surface area (Å²) in [5, 5.41) is 10.0. The van der Waals surface area contributed by atoms with Crippen molar-refractivity contribution in [3.63, 3.8) is 0 Å². The largest absolute Gasteiger partial charge is 0.368 e. The van der Waals surface area contributed by atoms with Crippen molar-refractivity contribution in [3.8, 4) is 0 Å². The summed E-state index contributed by atoms with van der Waals surface area (Å²) in [6.45, 7) is 3.04. The average molecular weight is 606 g/mol. The fourth-order valence-corrected chi connectivity index (χ4v) is 4.72. The Bertz CT molecular complexity index is 939. The van der Waals surface area contributed by atoms with Gasteiger partial charge in [0, 0.05) is 24.7 Å². The smallest absolute Gasteiger partial charge is 0.243 e. The molecule has 12 nitrogen and oxygen atoms in total. The van der Waals surface area contributed by atoms with Crippen LogP contribution in [-0.4, -0.2) is 64.7 Å². The maximum Gasteiger partial charge on any atom is 0.243 e. The summed E-state index contributed by atoms with van der Waals surface area (Å²) >= 11 is 0. The molecule has 0 unspecified atom stereocenters. The lowest BCUT2D eigenvalue weighted by Crippen LogP contribution is -2.53. The van der Waals surface area contributed by atoms with Crippen LogP contribution in [0.4, 0.5) is 0 Å². The Morgan fingerprint density at radius 1 is 0.744 bits per heavy atom. The molecule has 0 aromatic carbocycles. The number of hydrogen-bond donors (Lipinski definition) is 6. The lowest BCUT2D eigenvalue weighted by Gasteiger charge is -2.18. The number of aromatic nitrogens is 2. The summed E-state index contributed by atoms with van der Waals surface area (Å²) in [5.41, 5.74) is 5.66. The highest BCUT2D eigenvalue weighted by Crippen LogP contribution is 2.13. The van der Waals surface area contributed by atoms with Gasteiger partial charge in [-0.15, -0.1) is 0 Å². The number of amides is 5. The molecule has 0 fully saturated rings. The monoisotopic (exact) mass is 605 g/mol. The van der Waals surface area contributed by atoms with E-state index in [4.69, 9.17) is 5.73 Å². The first kappa shape index (κ1) is 37.6. The highest BCUT2D eigenvalue weighted by atomic mass is 16.2. The second kappa shape index (κ2) is 24.0. The summed E-state index contributed by atoms with van der Waals surface area (Å²) < 4.78 is 0. The van der Waals surface area contributed by atoms with Crippen LogP contribution in [0.2, 0.25) is 0 Å². The molecule has 1 rings (SSSR count). The molecule has 43 heavy (non-hydrogen) atoms. The highest BCUT2D eigenvalue weighted by molar-refractivity contribution is 5.93. The van der Waals surface area contributed by atoms with Gasteiger partial charge in [0.2, 0.25) is 29.5 Å². The van der Waals surface area contributed by atoms with E-state index >= 15 is 0 Å². The predicted octanol–water partition coefficient (Wildman–Crippen LogP) is 2.92. The number of nitrogens with one attached hydrogen (secondary N) is 5. The van der Waals surface area contributed by atoms with Gasteiger partial charge in [0.25, 0.3) is 0 Å². The van der Waals surface area contributed by atoms with Crippen molar-refractivity contribution in [1.82, 2.24) is 31.2 Å². The van der Waals surface area contributed by atoms with Crippen LogP contribution in [0.15, 0.2) is 12.5 Å². The Morgan fingerprint density at radius 2 is 1.28 bits per heavy atom. The van der Waals surface area contributed by atoms with Crippen molar-refractivity contribution < 1.29 is 24.0 Å². The number of primary amides is 1. The van der Waals surface area contributed by atoms with Crippen molar-refractivity contribution in [3.05, 3.63) is 18.2 Å². The van der Waals surface area contributed by atoms with Gasteiger partial charge >= 0.3 is 0 Å². The number of carbonyl (C=O) groups excluding carboxylic acids is 5. The van der Waals surface area contributed by atoms with Crippen molar-refractivity contribution in [2.45, 2.75) is 135 Å². The molecule has 2 atom stereocenters. The van der Waals surface area contributed by atoms with E-state index in [1.165, 1.54) is 89.6 Å². The number of rotatable bonds is 26. The molecule has 0 saturated carbocycles. The zero-order chi connectivity index (χ0) is 31.7. The van der Waals surface area contributed by atoms with Crippen molar-refractivity contribution in [2.75, 3.05) is 13.1 Å². The van der Waals surface area contributed by atoms with Crippen LogP contribution in [0.1, 0.15) is 122 Å². The number of H-pyrrole nitrogens is 1. The molecule has 0 bridgehead atoms. The van der Waals surface area contributed by atoms with Crippen LogP contribution in [0.25, 0.3) is 0 Å². The minimum Gasteiger partial charge on any atom is -0.368 e. The molecule has 0 aliphatic heterocycles. The first-order chi connectivity index (χ1) is 20.7. The molecule has 1 aromatic rings. The Morgan fingerprint density at radius 3 is 1.79 bits per heavy atom. The second-order valence-electron chi connectivity index (χ2n) is 11.3. The molecule has 5 amide bonds. The number of aromatic amines is 1. The lowest BCUT2D eigenvalue weighted by atomic mass is 10.0. The third-order valence-electron chi connectivity index (χ3n) is 7.27. The van der Waals surface area contributed by atoms with E-state index in [1.54, 1.807) is 6.92 Å². The van der Waals surface area contributed by atoms with Crippen LogP contribution in [-0.2, 0) is 30.4 Å². The maximum atomic E-state index is 12.4. The van der Waals surface area contributed by atoms with Gasteiger partial charge in [-0.05, 0) is 13.3 Å². The zero-order valence-electron chi connectivity index (χ0n) is 26.3. The van der Waals surface area contributed by atoms with Gasteiger partial charge in [-0.25, -0.2) is 4.98 Å². The molecule has 1 aromatic heterocycles. The fourth-order valence-electron chi connectivity index (χ4n) is 4.72. The summed E-state index contributed by atoms with van der Waals surface area (Å²) in [7, 11) is 0. The molecule has 1 heterocycles. The third-order valence-corrected chi connectivity index (χ3v) is 7.27. The van der Waals surface area contributed by atoms with E-state index in [1.807, 2.05) is 0 Å². The highest BCUT2D eigenvalue weighted by Gasteiger charge is 2.23. The van der Waals surface area contributed by atoms with E-state index in [-0.39, 0.29) is 25.4 Å². The number of hydrogen-bond acceptors (Lipinski definition) is 6. The fraction of sp³-hybridized carbons (Fsp3) is 0.742. The van der Waals surface area contributed by atoms with E-state index in [9.17, 15) is 24.0 Å². The van der Waals surface area contributed by atoms with E-state index in [0.29, 0.717) is 12.1 Å². The maximum absolute atomic E-state index is 12.4. The molecule has 12 heteroatoms. The number of carbonyl (C=O) groups is 5. The average Bonchev–Trinajstić information content (AvgIpc) is 3.49. The number of nitrogens with two attached hydrogens (primary N) is 1. The Kier molecular flexibility index (Phi) is 21.0. The molecule has 0 aliphatic carbocycles. The van der Waals surface area contributed by atoms with Gasteiger partial charge in [0.05, 0.1) is 19.4 Å². The van der Waals surface area contributed by atoms with E-state index in [2.05, 4.69) is 38.2 Å². The van der Waals surface area contributed by atoms with Gasteiger partial charge in [-0.1, -0.05) is 96.8 Å². The zero-order valence-corrected chi connectivity index (χ0v) is 26.3. The topological polar surface area (TPSA) is 188 Å². The minimum absolute atomic E-state index is 0.0933. The SMILES string of the molecule is CCCCCCCCCCCCCCCCCC(=O)N[C@@H](C)C(=O)NCC(=O)N[C@@H](Cc1cnc[nH]1)C(=O)NCC(N)=O. The van der Waals surface area contributed by atoms with E-state index in [0.717, 1.165) is 19.3 Å². The summed E-state index contributed by atoms with van der Waals surface area (Å²) in [6.07, 6.45) is 22.2. The van der Waals surface area contributed by atoms with Crippen LogP contribution >= 0.6 is 0 Å². The Balaban J connectivity index is 2.15. The molecule has 0 saturated heterocycles. The van der Waals surface area contributed by atoms with Crippen molar-refractivity contribution in [2.24, 2.45) is 5.73 Å². The van der Waals surface area contributed by atoms with Gasteiger partial charge in [-0.3, -0.25) is 24.0 Å². The summed E-state index contributed by atoms with van der Waals surface area (Å²) in [5.74, 6) is -2.64. The van der Waals surface area contributed by atoms with E-state index < -0.39 is 35.7 Å². The quantitative estimate of drug-likeness (QED) is 0.0881. The predicted molar refractivity (Wildman–Crippen MR) is 167 cm³/mol. The van der Waals surface area contributed by atoms with Gasteiger partial charge in [-0.2, -0.15) is 0 Å². The Hall–Kier alpha value is -3.44. The number of nitrogens with zero attached hydrogens (tertiary/aromatic N) is 1. The first-order valence-corrected chi connectivity index (χ1v) is 16.1. The molecular weight excluding hydrogens is 550 g/mol. The first-order valence-electron chi connectivity index (χ1n) is 16.1. The molecule has 7 N–H and O–H groups in total. The molecule has 244 valence electrons. The molecule has 0 spiro atoms. The number of unbranched alkanes of at least 4 members (excludes halogenated alkanes) is 14. The van der Waals surface area contributed by atoms with Crippen LogP contribution in [0.3, 0.4) is 0 Å². The van der Waals surface area contributed by atoms with Crippen LogP contribution in [0.5, 0.6) is 0 Å². The molecular formula is C31H55N7O5. The van der Waals surface area contributed by atoms with Gasteiger partial charge in [0.1, 0.15) is 12.1 Å². The number of imidazole rings is 1. The minimum atomic E-state index is -1.02. The third kappa shape index (κ3) is 20.2.